The summed E-state index contributed by atoms with van der Waals surface area (Å²) in [6, 6.07) is 8.92. The first-order chi connectivity index (χ1) is 9.63. The van der Waals surface area contributed by atoms with Gasteiger partial charge in [0.05, 0.1) is 6.04 Å². The number of pyridine rings is 1. The van der Waals surface area contributed by atoms with Crippen molar-refractivity contribution in [2.75, 3.05) is 18.5 Å². The number of aryl methyl sites for hydroxylation is 1. The van der Waals surface area contributed by atoms with Gasteiger partial charge in [-0.25, -0.2) is 4.98 Å². The normalized spacial score (nSPS) is 12.4. The smallest absolute Gasteiger partial charge is 0.129 e. The van der Waals surface area contributed by atoms with Crippen LogP contribution in [0, 0.1) is 6.92 Å². The molecule has 0 radical (unpaired) electrons. The number of anilines is 1. The maximum Gasteiger partial charge on any atom is 0.129 e. The van der Waals surface area contributed by atoms with Crippen LogP contribution in [0.3, 0.4) is 0 Å². The van der Waals surface area contributed by atoms with Gasteiger partial charge in [-0.15, -0.1) is 11.3 Å². The van der Waals surface area contributed by atoms with Crippen molar-refractivity contribution >= 4 is 17.2 Å². The molecule has 0 amide bonds. The van der Waals surface area contributed by atoms with Crippen LogP contribution in [0.15, 0.2) is 29.6 Å². The zero-order valence-electron chi connectivity index (χ0n) is 12.7. The molecule has 1 unspecified atom stereocenters. The van der Waals surface area contributed by atoms with Crippen molar-refractivity contribution in [2.24, 2.45) is 0 Å². The van der Waals surface area contributed by atoms with Crippen LogP contribution in [0.4, 0.5) is 5.82 Å². The molecule has 0 bridgehead atoms. The van der Waals surface area contributed by atoms with Gasteiger partial charge in [-0.05, 0) is 43.5 Å². The lowest BCUT2D eigenvalue weighted by molar-refractivity contribution is 0.713. The number of nitrogens with zero attached hydrogens (tertiary/aromatic N) is 2. The minimum Gasteiger partial charge on any atom is -0.352 e. The predicted octanol–water partition coefficient (Wildman–Crippen LogP) is 3.76. The van der Waals surface area contributed by atoms with Crippen molar-refractivity contribution in [1.29, 1.82) is 0 Å². The number of rotatable bonds is 6. The van der Waals surface area contributed by atoms with Crippen LogP contribution in [0.2, 0.25) is 0 Å². The van der Waals surface area contributed by atoms with E-state index in [1.807, 2.05) is 0 Å². The van der Waals surface area contributed by atoms with Crippen LogP contribution >= 0.6 is 11.3 Å². The molecule has 1 N–H and O–H groups in total. The summed E-state index contributed by atoms with van der Waals surface area (Å²) in [7, 11) is 2.11. The second-order valence-corrected chi connectivity index (χ2v) is 5.98. The van der Waals surface area contributed by atoms with E-state index >= 15 is 0 Å². The van der Waals surface area contributed by atoms with Gasteiger partial charge < -0.3 is 10.2 Å². The molecule has 0 fully saturated rings. The molecule has 108 valence electrons. The van der Waals surface area contributed by atoms with E-state index in [4.69, 9.17) is 4.98 Å². The van der Waals surface area contributed by atoms with Gasteiger partial charge >= 0.3 is 0 Å². The Labute approximate surface area is 125 Å². The van der Waals surface area contributed by atoms with Gasteiger partial charge in [0.15, 0.2) is 0 Å². The molecule has 4 heteroatoms. The lowest BCUT2D eigenvalue weighted by Crippen LogP contribution is -2.22. The molecule has 0 aliphatic heterocycles. The minimum absolute atomic E-state index is 0.349. The average molecular weight is 289 g/mol. The number of hydrogen-bond acceptors (Lipinski definition) is 4. The molecule has 2 heterocycles. The lowest BCUT2D eigenvalue weighted by Gasteiger charge is -2.25. The fraction of sp³-hybridized carbons (Fsp3) is 0.438. The van der Waals surface area contributed by atoms with E-state index in [1.165, 1.54) is 10.4 Å². The number of nitrogens with one attached hydrogen (secondary N) is 1. The first-order valence-corrected chi connectivity index (χ1v) is 7.95. The third-order valence-corrected chi connectivity index (χ3v) is 4.69. The van der Waals surface area contributed by atoms with Crippen molar-refractivity contribution in [2.45, 2.75) is 33.4 Å². The zero-order chi connectivity index (χ0) is 14.5. The van der Waals surface area contributed by atoms with Crippen LogP contribution in [0.25, 0.3) is 0 Å². The standard InChI is InChI=1S/C16H23N3S/c1-5-17-11-14-8-9-16(18-12(14)2)19(4)13(3)15-7-6-10-20-15/h6-10,13,17H,5,11H2,1-4H3. The van der Waals surface area contributed by atoms with Crippen molar-refractivity contribution in [1.82, 2.24) is 10.3 Å². The Hall–Kier alpha value is -1.39. The van der Waals surface area contributed by atoms with Gasteiger partial charge in [-0.2, -0.15) is 0 Å². The van der Waals surface area contributed by atoms with E-state index in [-0.39, 0.29) is 0 Å². The summed E-state index contributed by atoms with van der Waals surface area (Å²) in [5, 5.41) is 5.47. The van der Waals surface area contributed by atoms with E-state index in [2.05, 4.69) is 67.7 Å². The Morgan fingerprint density at radius 2 is 2.15 bits per heavy atom. The number of aromatic nitrogens is 1. The molecule has 0 aliphatic rings. The highest BCUT2D eigenvalue weighted by molar-refractivity contribution is 7.10. The van der Waals surface area contributed by atoms with Crippen LogP contribution in [0.1, 0.15) is 36.0 Å². The van der Waals surface area contributed by atoms with Gasteiger partial charge in [0, 0.05) is 24.2 Å². The molecule has 2 rings (SSSR count). The molecular weight excluding hydrogens is 266 g/mol. The van der Waals surface area contributed by atoms with Crippen LogP contribution in [0.5, 0.6) is 0 Å². The Kier molecular flexibility index (Phi) is 5.15. The summed E-state index contributed by atoms with van der Waals surface area (Å²) in [5.74, 6) is 1.03. The van der Waals surface area contributed by atoms with E-state index in [0.717, 1.165) is 24.6 Å². The molecule has 0 saturated heterocycles. The van der Waals surface area contributed by atoms with Crippen molar-refractivity contribution in [3.63, 3.8) is 0 Å². The van der Waals surface area contributed by atoms with E-state index in [9.17, 15) is 0 Å². The van der Waals surface area contributed by atoms with Gasteiger partial charge in [-0.1, -0.05) is 19.1 Å². The fourth-order valence-corrected chi connectivity index (χ4v) is 2.96. The summed E-state index contributed by atoms with van der Waals surface area (Å²) in [6.07, 6.45) is 0. The van der Waals surface area contributed by atoms with E-state index < -0.39 is 0 Å². The van der Waals surface area contributed by atoms with E-state index in [0.29, 0.717) is 6.04 Å². The highest BCUT2D eigenvalue weighted by Crippen LogP contribution is 2.27. The molecule has 2 aromatic heterocycles. The van der Waals surface area contributed by atoms with Crippen LogP contribution in [-0.2, 0) is 6.54 Å². The molecule has 3 nitrogen and oxygen atoms in total. The van der Waals surface area contributed by atoms with Crippen molar-refractivity contribution < 1.29 is 0 Å². The predicted molar refractivity (Wildman–Crippen MR) is 87.5 cm³/mol. The van der Waals surface area contributed by atoms with Crippen molar-refractivity contribution in [3.05, 3.63) is 45.8 Å². The Morgan fingerprint density at radius 3 is 2.75 bits per heavy atom. The Bertz CT molecular complexity index is 537. The maximum absolute atomic E-state index is 4.75. The lowest BCUT2D eigenvalue weighted by atomic mass is 10.2. The molecule has 0 spiro atoms. The molecule has 1 atom stereocenters. The van der Waals surface area contributed by atoms with Gasteiger partial charge in [0.25, 0.3) is 0 Å². The van der Waals surface area contributed by atoms with Gasteiger partial charge in [0.2, 0.25) is 0 Å². The van der Waals surface area contributed by atoms with E-state index in [1.54, 1.807) is 11.3 Å². The highest BCUT2D eigenvalue weighted by Gasteiger charge is 2.14. The number of thiophene rings is 1. The second kappa shape index (κ2) is 6.86. The van der Waals surface area contributed by atoms with Crippen LogP contribution in [-0.4, -0.2) is 18.6 Å². The summed E-state index contributed by atoms with van der Waals surface area (Å²) in [4.78, 5) is 8.34. The zero-order valence-corrected chi connectivity index (χ0v) is 13.5. The molecule has 0 saturated carbocycles. The fourth-order valence-electron chi connectivity index (χ4n) is 2.14. The average Bonchev–Trinajstić information content (AvgIpc) is 2.98. The summed E-state index contributed by atoms with van der Waals surface area (Å²) in [5.41, 5.74) is 2.38. The molecule has 20 heavy (non-hydrogen) atoms. The summed E-state index contributed by atoms with van der Waals surface area (Å²) >= 11 is 1.79. The molecule has 0 aromatic carbocycles. The Morgan fingerprint density at radius 1 is 1.35 bits per heavy atom. The second-order valence-electron chi connectivity index (χ2n) is 5.00. The third kappa shape index (κ3) is 3.38. The highest BCUT2D eigenvalue weighted by atomic mass is 32.1. The first kappa shape index (κ1) is 15.0. The monoisotopic (exact) mass is 289 g/mol. The minimum atomic E-state index is 0.349. The third-order valence-electron chi connectivity index (χ3n) is 3.64. The molecule has 0 aliphatic carbocycles. The SMILES string of the molecule is CCNCc1ccc(N(C)C(C)c2cccs2)nc1C. The number of hydrogen-bond donors (Lipinski definition) is 1. The molecular formula is C16H23N3S. The molecule has 2 aromatic rings. The van der Waals surface area contributed by atoms with Crippen LogP contribution < -0.4 is 10.2 Å². The summed E-state index contributed by atoms with van der Waals surface area (Å²) < 4.78 is 0. The van der Waals surface area contributed by atoms with Gasteiger partial charge in [-0.3, -0.25) is 0 Å². The Balaban J connectivity index is 2.14. The first-order valence-electron chi connectivity index (χ1n) is 7.07. The largest absolute Gasteiger partial charge is 0.352 e. The van der Waals surface area contributed by atoms with Gasteiger partial charge in [0.1, 0.15) is 5.82 Å². The maximum atomic E-state index is 4.75. The van der Waals surface area contributed by atoms with Crippen molar-refractivity contribution in [3.8, 4) is 0 Å². The quantitative estimate of drug-likeness (QED) is 0.877. The topological polar surface area (TPSA) is 28.2 Å². The summed E-state index contributed by atoms with van der Waals surface area (Å²) in [6.45, 7) is 8.29.